The number of hydrogen-bond acceptors (Lipinski definition) is 6. The van der Waals surface area contributed by atoms with E-state index >= 15 is 0 Å². The molecular weight excluding hydrogens is 405 g/mol. The third-order valence-electron chi connectivity index (χ3n) is 2.46. The minimum atomic E-state index is -0.370. The first-order valence-electron chi connectivity index (χ1n) is 5.90. The highest BCUT2D eigenvalue weighted by molar-refractivity contribution is 8.03. The summed E-state index contributed by atoms with van der Waals surface area (Å²) in [4.78, 5) is 12.3. The van der Waals surface area contributed by atoms with Crippen LogP contribution in [0.5, 0.6) is 0 Å². The standard InChI is InChI=1S/C12H10Cl3N3OS3/c1-5(21-12-18-17-11(20-2)22-12)10(19)16-9-7(14)3-6(13)4-8(9)15/h3-5H,1-2H3,(H,16,19). The van der Waals surface area contributed by atoms with Crippen LogP contribution in [0.15, 0.2) is 20.8 Å². The second kappa shape index (κ2) is 8.08. The van der Waals surface area contributed by atoms with Gasteiger partial charge < -0.3 is 5.32 Å². The summed E-state index contributed by atoms with van der Waals surface area (Å²) in [6, 6.07) is 3.05. The topological polar surface area (TPSA) is 54.9 Å². The molecule has 1 unspecified atom stereocenters. The maximum Gasteiger partial charge on any atom is 0.237 e. The van der Waals surface area contributed by atoms with Gasteiger partial charge in [0, 0.05) is 5.02 Å². The summed E-state index contributed by atoms with van der Waals surface area (Å²) in [5.74, 6) is -0.225. The van der Waals surface area contributed by atoms with Gasteiger partial charge in [0.25, 0.3) is 0 Å². The van der Waals surface area contributed by atoms with Gasteiger partial charge in [0.1, 0.15) is 0 Å². The number of benzene rings is 1. The molecule has 0 aliphatic rings. The van der Waals surface area contributed by atoms with Crippen LogP contribution in [0, 0.1) is 0 Å². The number of anilines is 1. The Labute approximate surface area is 155 Å². The molecule has 0 saturated heterocycles. The molecule has 22 heavy (non-hydrogen) atoms. The van der Waals surface area contributed by atoms with Crippen molar-refractivity contribution in [2.45, 2.75) is 20.9 Å². The quantitative estimate of drug-likeness (QED) is 0.669. The summed E-state index contributed by atoms with van der Waals surface area (Å²) in [6.07, 6.45) is 1.93. The fourth-order valence-corrected chi connectivity index (χ4v) is 4.91. The van der Waals surface area contributed by atoms with E-state index in [1.54, 1.807) is 6.92 Å². The molecule has 0 fully saturated rings. The van der Waals surface area contributed by atoms with Gasteiger partial charge in [-0.15, -0.1) is 10.2 Å². The zero-order chi connectivity index (χ0) is 16.3. The lowest BCUT2D eigenvalue weighted by atomic mass is 10.3. The van der Waals surface area contributed by atoms with Crippen LogP contribution >= 0.6 is 69.7 Å². The molecule has 10 heteroatoms. The van der Waals surface area contributed by atoms with Crippen molar-refractivity contribution >= 4 is 81.3 Å². The van der Waals surface area contributed by atoms with E-state index in [0.717, 1.165) is 8.68 Å². The normalized spacial score (nSPS) is 12.2. The maximum atomic E-state index is 12.3. The lowest BCUT2D eigenvalue weighted by Crippen LogP contribution is -2.22. The summed E-state index contributed by atoms with van der Waals surface area (Å²) >= 11 is 22.2. The third kappa shape index (κ3) is 4.66. The van der Waals surface area contributed by atoms with E-state index in [-0.39, 0.29) is 11.2 Å². The lowest BCUT2D eigenvalue weighted by Gasteiger charge is -2.13. The first-order valence-corrected chi connectivity index (χ1v) is 9.95. The van der Waals surface area contributed by atoms with E-state index in [4.69, 9.17) is 34.8 Å². The van der Waals surface area contributed by atoms with Crippen LogP contribution < -0.4 is 5.32 Å². The Kier molecular flexibility index (Phi) is 6.67. The molecule has 2 aromatic rings. The van der Waals surface area contributed by atoms with E-state index in [1.165, 1.54) is 47.0 Å². The molecule has 1 heterocycles. The average molecular weight is 415 g/mol. The molecule has 0 bridgehead atoms. The highest BCUT2D eigenvalue weighted by Gasteiger charge is 2.19. The average Bonchev–Trinajstić information content (AvgIpc) is 2.90. The van der Waals surface area contributed by atoms with Crippen LogP contribution in [0.1, 0.15) is 6.92 Å². The van der Waals surface area contributed by atoms with E-state index in [2.05, 4.69) is 15.5 Å². The number of rotatable bonds is 5. The Morgan fingerprint density at radius 3 is 2.36 bits per heavy atom. The zero-order valence-corrected chi connectivity index (χ0v) is 16.1. The lowest BCUT2D eigenvalue weighted by molar-refractivity contribution is -0.115. The van der Waals surface area contributed by atoms with E-state index < -0.39 is 0 Å². The van der Waals surface area contributed by atoms with Gasteiger partial charge >= 0.3 is 0 Å². The molecule has 0 radical (unpaired) electrons. The predicted octanol–water partition coefficient (Wildman–Crippen LogP) is 5.34. The van der Waals surface area contributed by atoms with Crippen LogP contribution in [0.2, 0.25) is 15.1 Å². The minimum Gasteiger partial charge on any atom is -0.323 e. The largest absolute Gasteiger partial charge is 0.323 e. The molecule has 0 saturated carbocycles. The van der Waals surface area contributed by atoms with Crippen LogP contribution in [0.25, 0.3) is 0 Å². The Balaban J connectivity index is 2.05. The van der Waals surface area contributed by atoms with Crippen LogP contribution in [-0.4, -0.2) is 27.6 Å². The highest BCUT2D eigenvalue weighted by atomic mass is 35.5. The predicted molar refractivity (Wildman–Crippen MR) is 97.1 cm³/mol. The van der Waals surface area contributed by atoms with Gasteiger partial charge in [0.15, 0.2) is 8.68 Å². The van der Waals surface area contributed by atoms with E-state index in [0.29, 0.717) is 20.8 Å². The summed E-state index contributed by atoms with van der Waals surface area (Å²) in [5.41, 5.74) is 0.354. The number of carbonyl (C=O) groups is 1. The molecule has 1 amide bonds. The number of amides is 1. The summed E-state index contributed by atoms with van der Waals surface area (Å²) in [7, 11) is 0. The highest BCUT2D eigenvalue weighted by Crippen LogP contribution is 2.35. The number of halogens is 3. The van der Waals surface area contributed by atoms with E-state index in [9.17, 15) is 4.79 Å². The van der Waals surface area contributed by atoms with Crippen molar-refractivity contribution in [3.8, 4) is 0 Å². The first kappa shape index (κ1) is 18.2. The van der Waals surface area contributed by atoms with Gasteiger partial charge in [-0.25, -0.2) is 0 Å². The SMILES string of the molecule is CSc1nnc(SC(C)C(=O)Nc2c(Cl)cc(Cl)cc2Cl)s1. The number of carbonyl (C=O) groups excluding carboxylic acids is 1. The van der Waals surface area contributed by atoms with Gasteiger partial charge in [-0.3, -0.25) is 4.79 Å². The molecule has 1 N–H and O–H groups in total. The van der Waals surface area contributed by atoms with Crippen molar-refractivity contribution in [2.24, 2.45) is 0 Å². The van der Waals surface area contributed by atoms with Crippen molar-refractivity contribution in [3.63, 3.8) is 0 Å². The third-order valence-corrected chi connectivity index (χ3v) is 6.36. The van der Waals surface area contributed by atoms with Gasteiger partial charge in [-0.05, 0) is 25.3 Å². The zero-order valence-electron chi connectivity index (χ0n) is 11.4. The Morgan fingerprint density at radius 1 is 1.23 bits per heavy atom. The van der Waals surface area contributed by atoms with E-state index in [1.807, 2.05) is 6.26 Å². The fraction of sp³-hybridized carbons (Fsp3) is 0.250. The van der Waals surface area contributed by atoms with Gasteiger partial charge in [0.2, 0.25) is 5.91 Å². The molecule has 1 aromatic heterocycles. The molecule has 0 spiro atoms. The van der Waals surface area contributed by atoms with Crippen molar-refractivity contribution in [1.29, 1.82) is 0 Å². The molecule has 0 aliphatic carbocycles. The molecule has 0 aliphatic heterocycles. The van der Waals surface area contributed by atoms with Crippen LogP contribution in [0.3, 0.4) is 0 Å². The smallest absolute Gasteiger partial charge is 0.237 e. The number of aromatic nitrogens is 2. The number of hydrogen-bond donors (Lipinski definition) is 1. The number of nitrogens with one attached hydrogen (secondary N) is 1. The molecule has 1 atom stereocenters. The Morgan fingerprint density at radius 2 is 1.82 bits per heavy atom. The molecule has 118 valence electrons. The minimum absolute atomic E-state index is 0.225. The van der Waals surface area contributed by atoms with Crippen molar-refractivity contribution in [1.82, 2.24) is 10.2 Å². The second-order valence-corrected chi connectivity index (χ2v) is 8.90. The molecular formula is C12H10Cl3N3OS3. The monoisotopic (exact) mass is 413 g/mol. The fourth-order valence-electron chi connectivity index (χ4n) is 1.42. The Bertz CT molecular complexity index is 672. The Hall–Kier alpha value is -0.180. The van der Waals surface area contributed by atoms with Crippen molar-refractivity contribution < 1.29 is 4.79 Å². The number of thioether (sulfide) groups is 2. The first-order chi connectivity index (χ1) is 10.4. The van der Waals surface area contributed by atoms with Gasteiger partial charge in [-0.1, -0.05) is 69.7 Å². The van der Waals surface area contributed by atoms with Gasteiger partial charge in [-0.2, -0.15) is 0 Å². The van der Waals surface area contributed by atoms with Crippen LogP contribution in [-0.2, 0) is 4.79 Å². The number of nitrogens with zero attached hydrogens (tertiary/aromatic N) is 2. The second-order valence-electron chi connectivity index (χ2n) is 4.03. The van der Waals surface area contributed by atoms with Crippen molar-refractivity contribution in [2.75, 3.05) is 11.6 Å². The molecule has 2 rings (SSSR count). The molecule has 4 nitrogen and oxygen atoms in total. The summed E-state index contributed by atoms with van der Waals surface area (Å²) in [6.45, 7) is 1.78. The summed E-state index contributed by atoms with van der Waals surface area (Å²) in [5, 5.41) is 11.4. The molecule has 1 aromatic carbocycles. The summed E-state index contributed by atoms with van der Waals surface area (Å²) < 4.78 is 1.60. The van der Waals surface area contributed by atoms with Crippen LogP contribution in [0.4, 0.5) is 5.69 Å². The maximum absolute atomic E-state index is 12.3. The van der Waals surface area contributed by atoms with Crippen molar-refractivity contribution in [3.05, 3.63) is 27.2 Å². The van der Waals surface area contributed by atoms with Gasteiger partial charge in [0.05, 0.1) is 21.0 Å².